The number of anilines is 1. The van der Waals surface area contributed by atoms with Crippen LogP contribution in [0.15, 0.2) is 18.2 Å². The summed E-state index contributed by atoms with van der Waals surface area (Å²) in [5, 5.41) is 3.27. The van der Waals surface area contributed by atoms with E-state index in [1.807, 2.05) is 18.2 Å². The highest BCUT2D eigenvalue weighted by Crippen LogP contribution is 2.39. The second kappa shape index (κ2) is 3.70. The average Bonchev–Trinajstić information content (AvgIpc) is 2.62. The molecule has 1 aliphatic heterocycles. The maximum absolute atomic E-state index is 10.5. The highest BCUT2D eigenvalue weighted by molar-refractivity contribution is 5.66. The lowest BCUT2D eigenvalue weighted by Gasteiger charge is -2.10. The van der Waals surface area contributed by atoms with E-state index >= 15 is 0 Å². The van der Waals surface area contributed by atoms with Gasteiger partial charge in [-0.15, -0.1) is 0 Å². The van der Waals surface area contributed by atoms with Crippen LogP contribution in [-0.4, -0.2) is 19.9 Å². The third-order valence-corrected chi connectivity index (χ3v) is 2.61. The summed E-state index contributed by atoms with van der Waals surface area (Å²) in [6.07, 6.45) is 1.52. The first-order valence-corrected chi connectivity index (χ1v) is 4.71. The Morgan fingerprint density at radius 3 is 3.21 bits per heavy atom. The number of rotatable bonds is 3. The first-order valence-electron chi connectivity index (χ1n) is 4.71. The normalized spacial score (nSPS) is 18.5. The molecule has 0 saturated heterocycles. The van der Waals surface area contributed by atoms with Crippen molar-refractivity contribution >= 4 is 12.0 Å². The third kappa shape index (κ3) is 1.35. The maximum Gasteiger partial charge on any atom is 0.124 e. The smallest absolute Gasteiger partial charge is 0.124 e. The molecule has 1 heterocycles. The van der Waals surface area contributed by atoms with E-state index in [0.29, 0.717) is 6.42 Å². The van der Waals surface area contributed by atoms with Gasteiger partial charge in [0.1, 0.15) is 12.0 Å². The lowest BCUT2D eigenvalue weighted by atomic mass is 9.98. The summed E-state index contributed by atoms with van der Waals surface area (Å²) in [4.78, 5) is 10.5. The van der Waals surface area contributed by atoms with E-state index in [0.717, 1.165) is 29.8 Å². The van der Waals surface area contributed by atoms with Crippen LogP contribution in [0.5, 0.6) is 5.75 Å². The second-order valence-electron chi connectivity index (χ2n) is 3.40. The molecule has 1 N–H and O–H groups in total. The van der Waals surface area contributed by atoms with Gasteiger partial charge in [-0.25, -0.2) is 0 Å². The lowest BCUT2D eigenvalue weighted by molar-refractivity contribution is -0.108. The highest BCUT2D eigenvalue weighted by Gasteiger charge is 2.24. The van der Waals surface area contributed by atoms with Crippen LogP contribution in [0.2, 0.25) is 0 Å². The van der Waals surface area contributed by atoms with Gasteiger partial charge in [0, 0.05) is 30.1 Å². The van der Waals surface area contributed by atoms with Gasteiger partial charge in [-0.3, -0.25) is 0 Å². The van der Waals surface area contributed by atoms with E-state index in [9.17, 15) is 4.79 Å². The summed E-state index contributed by atoms with van der Waals surface area (Å²) in [7, 11) is 1.66. The molecule has 0 bridgehead atoms. The Morgan fingerprint density at radius 1 is 1.64 bits per heavy atom. The quantitative estimate of drug-likeness (QED) is 0.740. The molecular formula is C11H13NO2. The van der Waals surface area contributed by atoms with Crippen LogP contribution in [0.3, 0.4) is 0 Å². The molecule has 3 nitrogen and oxygen atoms in total. The molecule has 74 valence electrons. The third-order valence-electron chi connectivity index (χ3n) is 2.61. The lowest BCUT2D eigenvalue weighted by Crippen LogP contribution is -2.03. The SMILES string of the molecule is COc1cccc2c1C(CC=O)CN2. The van der Waals surface area contributed by atoms with Crippen molar-refractivity contribution in [3.05, 3.63) is 23.8 Å². The van der Waals surface area contributed by atoms with E-state index in [1.165, 1.54) is 0 Å². The molecule has 1 unspecified atom stereocenters. The number of fused-ring (bicyclic) bond motifs is 1. The summed E-state index contributed by atoms with van der Waals surface area (Å²) >= 11 is 0. The minimum absolute atomic E-state index is 0.263. The van der Waals surface area contributed by atoms with Crippen molar-refractivity contribution in [2.24, 2.45) is 0 Å². The standard InChI is InChI=1S/C11H13NO2/c1-14-10-4-2-3-9-11(10)8(5-6-13)7-12-9/h2-4,6,8,12H,5,7H2,1H3. The first kappa shape index (κ1) is 9.06. The van der Waals surface area contributed by atoms with Gasteiger partial charge in [0.2, 0.25) is 0 Å². The van der Waals surface area contributed by atoms with E-state index in [1.54, 1.807) is 7.11 Å². The van der Waals surface area contributed by atoms with E-state index < -0.39 is 0 Å². The second-order valence-corrected chi connectivity index (χ2v) is 3.40. The molecule has 0 saturated carbocycles. The predicted octanol–water partition coefficient (Wildman–Crippen LogP) is 1.79. The van der Waals surface area contributed by atoms with Gasteiger partial charge < -0.3 is 14.8 Å². The van der Waals surface area contributed by atoms with Crippen molar-refractivity contribution in [3.63, 3.8) is 0 Å². The van der Waals surface area contributed by atoms with E-state index in [4.69, 9.17) is 4.74 Å². The van der Waals surface area contributed by atoms with Crippen molar-refractivity contribution < 1.29 is 9.53 Å². The van der Waals surface area contributed by atoms with Crippen LogP contribution in [0.25, 0.3) is 0 Å². The molecule has 0 amide bonds. The first-order chi connectivity index (χ1) is 6.86. The van der Waals surface area contributed by atoms with Gasteiger partial charge in [-0.1, -0.05) is 6.07 Å². The van der Waals surface area contributed by atoms with Crippen LogP contribution < -0.4 is 10.1 Å². The predicted molar refractivity (Wildman–Crippen MR) is 54.9 cm³/mol. The Hall–Kier alpha value is -1.51. The minimum atomic E-state index is 0.263. The molecule has 1 aromatic rings. The fourth-order valence-electron chi connectivity index (χ4n) is 1.95. The molecule has 3 heteroatoms. The van der Waals surface area contributed by atoms with Crippen LogP contribution in [-0.2, 0) is 4.79 Å². The van der Waals surface area contributed by atoms with Crippen molar-refractivity contribution in [1.29, 1.82) is 0 Å². The molecule has 0 aliphatic carbocycles. The Bertz CT molecular complexity index is 349. The number of carbonyl (C=O) groups is 1. The van der Waals surface area contributed by atoms with Crippen LogP contribution in [0, 0.1) is 0 Å². The number of carbonyl (C=O) groups excluding carboxylic acids is 1. The van der Waals surface area contributed by atoms with Crippen molar-refractivity contribution in [3.8, 4) is 5.75 Å². The van der Waals surface area contributed by atoms with Gasteiger partial charge >= 0.3 is 0 Å². The zero-order chi connectivity index (χ0) is 9.97. The Balaban J connectivity index is 2.40. The van der Waals surface area contributed by atoms with Gasteiger partial charge in [0.05, 0.1) is 7.11 Å². The van der Waals surface area contributed by atoms with E-state index in [2.05, 4.69) is 5.32 Å². The topological polar surface area (TPSA) is 38.3 Å². The summed E-state index contributed by atoms with van der Waals surface area (Å²) in [5.74, 6) is 1.14. The zero-order valence-corrected chi connectivity index (χ0v) is 8.12. The van der Waals surface area contributed by atoms with Gasteiger partial charge in [0.25, 0.3) is 0 Å². The number of ether oxygens (including phenoxy) is 1. The van der Waals surface area contributed by atoms with Crippen LogP contribution in [0.1, 0.15) is 17.9 Å². The molecule has 0 aromatic heterocycles. The summed E-state index contributed by atoms with van der Waals surface area (Å²) in [5.41, 5.74) is 2.23. The number of hydrogen-bond donors (Lipinski definition) is 1. The van der Waals surface area contributed by atoms with Gasteiger partial charge in [-0.2, -0.15) is 0 Å². The summed E-state index contributed by atoms with van der Waals surface area (Å²) in [6.45, 7) is 0.828. The number of aldehydes is 1. The monoisotopic (exact) mass is 191 g/mol. The van der Waals surface area contributed by atoms with Crippen molar-refractivity contribution in [1.82, 2.24) is 0 Å². The zero-order valence-electron chi connectivity index (χ0n) is 8.12. The Labute approximate surface area is 83.1 Å². The summed E-state index contributed by atoms with van der Waals surface area (Å²) in [6, 6.07) is 5.90. The molecule has 1 atom stereocenters. The van der Waals surface area contributed by atoms with Crippen LogP contribution >= 0.6 is 0 Å². The molecule has 0 spiro atoms. The van der Waals surface area contributed by atoms with Crippen LogP contribution in [0.4, 0.5) is 5.69 Å². The highest BCUT2D eigenvalue weighted by atomic mass is 16.5. The fraction of sp³-hybridized carbons (Fsp3) is 0.364. The van der Waals surface area contributed by atoms with Crippen molar-refractivity contribution in [2.75, 3.05) is 19.0 Å². The maximum atomic E-state index is 10.5. The molecule has 1 aromatic carbocycles. The largest absolute Gasteiger partial charge is 0.496 e. The minimum Gasteiger partial charge on any atom is -0.496 e. The molecule has 0 fully saturated rings. The van der Waals surface area contributed by atoms with Gasteiger partial charge in [0.15, 0.2) is 0 Å². The number of methoxy groups -OCH3 is 1. The molecule has 14 heavy (non-hydrogen) atoms. The molecule has 0 radical (unpaired) electrons. The molecule has 1 aliphatic rings. The summed E-state index contributed by atoms with van der Waals surface area (Å²) < 4.78 is 5.28. The van der Waals surface area contributed by atoms with E-state index in [-0.39, 0.29) is 5.92 Å². The Kier molecular flexibility index (Phi) is 2.39. The van der Waals surface area contributed by atoms with Crippen molar-refractivity contribution in [2.45, 2.75) is 12.3 Å². The Morgan fingerprint density at radius 2 is 2.50 bits per heavy atom. The average molecular weight is 191 g/mol. The van der Waals surface area contributed by atoms with Gasteiger partial charge in [-0.05, 0) is 12.1 Å². The number of benzene rings is 1. The molecule has 2 rings (SSSR count). The number of hydrogen-bond acceptors (Lipinski definition) is 3. The fourth-order valence-corrected chi connectivity index (χ4v) is 1.95. The number of nitrogens with one attached hydrogen (secondary N) is 1. The molecular weight excluding hydrogens is 178 g/mol.